The summed E-state index contributed by atoms with van der Waals surface area (Å²) >= 11 is 13.4. The summed E-state index contributed by atoms with van der Waals surface area (Å²) in [6.45, 7) is 2.54. The molecule has 2 aliphatic heterocycles. The minimum absolute atomic E-state index is 0.0429. The molecular weight excluding hydrogens is 467 g/mol. The Labute approximate surface area is 212 Å². The van der Waals surface area contributed by atoms with E-state index in [-0.39, 0.29) is 17.7 Å². The molecule has 1 atom stereocenters. The maximum Gasteiger partial charge on any atom is 0.253 e. The maximum atomic E-state index is 13.1. The van der Waals surface area contributed by atoms with Crippen molar-refractivity contribution in [2.45, 2.75) is 63.8 Å². The summed E-state index contributed by atoms with van der Waals surface area (Å²) in [4.78, 5) is 29.8. The Kier molecular flexibility index (Phi) is 7.17. The summed E-state index contributed by atoms with van der Waals surface area (Å²) < 4.78 is 0. The van der Waals surface area contributed by atoms with Crippen LogP contribution in [0.15, 0.2) is 36.4 Å². The first-order chi connectivity index (χ1) is 16.5. The molecule has 0 spiro atoms. The zero-order valence-electron chi connectivity index (χ0n) is 19.6. The van der Waals surface area contributed by atoms with Gasteiger partial charge in [0.25, 0.3) is 5.91 Å². The van der Waals surface area contributed by atoms with Gasteiger partial charge in [0.2, 0.25) is 5.91 Å². The predicted molar refractivity (Wildman–Crippen MR) is 137 cm³/mol. The van der Waals surface area contributed by atoms with Crippen LogP contribution in [0.2, 0.25) is 10.0 Å². The molecule has 180 valence electrons. The summed E-state index contributed by atoms with van der Waals surface area (Å²) in [5, 5.41) is 1.20. The van der Waals surface area contributed by atoms with Gasteiger partial charge in [-0.25, -0.2) is 0 Å². The lowest BCUT2D eigenvalue weighted by Crippen LogP contribution is -2.39. The van der Waals surface area contributed by atoms with Crippen LogP contribution in [-0.2, 0) is 11.2 Å². The van der Waals surface area contributed by atoms with Crippen molar-refractivity contribution in [1.29, 1.82) is 0 Å². The highest BCUT2D eigenvalue weighted by molar-refractivity contribution is 6.36. The molecule has 1 saturated carbocycles. The Bertz CT molecular complexity index is 1030. The number of benzene rings is 2. The molecule has 2 amide bonds. The summed E-state index contributed by atoms with van der Waals surface area (Å²) in [7, 11) is 0. The smallest absolute Gasteiger partial charge is 0.253 e. The van der Waals surface area contributed by atoms with Crippen molar-refractivity contribution in [3.8, 4) is 11.1 Å². The summed E-state index contributed by atoms with van der Waals surface area (Å²) in [6.07, 6.45) is 9.64. The summed E-state index contributed by atoms with van der Waals surface area (Å²) in [6, 6.07) is 11.9. The number of likely N-dealkylation sites (tertiary alicyclic amines) is 2. The second kappa shape index (κ2) is 10.3. The van der Waals surface area contributed by atoms with E-state index in [1.807, 2.05) is 41.3 Å². The molecule has 2 saturated heterocycles. The van der Waals surface area contributed by atoms with E-state index in [0.717, 1.165) is 68.4 Å². The van der Waals surface area contributed by atoms with Crippen LogP contribution in [-0.4, -0.2) is 47.3 Å². The molecule has 2 aromatic carbocycles. The number of carbonyl (C=O) groups excluding carboxylic acids is 2. The fraction of sp³-hybridized carbons (Fsp3) is 0.500. The average Bonchev–Trinajstić information content (AvgIpc) is 3.52. The molecule has 2 heterocycles. The fourth-order valence-electron chi connectivity index (χ4n) is 5.83. The predicted octanol–water partition coefficient (Wildman–Crippen LogP) is 6.62. The lowest BCUT2D eigenvalue weighted by molar-refractivity contribution is -0.133. The third-order valence-corrected chi connectivity index (χ3v) is 8.49. The van der Waals surface area contributed by atoms with E-state index in [4.69, 9.17) is 23.2 Å². The van der Waals surface area contributed by atoms with E-state index in [9.17, 15) is 9.59 Å². The molecule has 0 radical (unpaired) electrons. The second-order valence-corrected chi connectivity index (χ2v) is 10.8. The number of hydrogen-bond donors (Lipinski definition) is 0. The molecule has 34 heavy (non-hydrogen) atoms. The normalized spacial score (nSPS) is 21.5. The molecular formula is C28H32Cl2N2O2. The zero-order chi connectivity index (χ0) is 23.7. The highest BCUT2D eigenvalue weighted by Gasteiger charge is 2.36. The quantitative estimate of drug-likeness (QED) is 0.464. The number of amides is 2. The van der Waals surface area contributed by atoms with Gasteiger partial charge in [0, 0.05) is 47.2 Å². The molecule has 3 fully saturated rings. The van der Waals surface area contributed by atoms with E-state index in [2.05, 4.69) is 4.90 Å². The summed E-state index contributed by atoms with van der Waals surface area (Å²) in [5.74, 6) is 0.319. The topological polar surface area (TPSA) is 40.6 Å². The van der Waals surface area contributed by atoms with E-state index in [0.29, 0.717) is 28.1 Å². The minimum Gasteiger partial charge on any atom is -0.339 e. The molecule has 5 rings (SSSR count). The highest BCUT2D eigenvalue weighted by Crippen LogP contribution is 2.36. The van der Waals surface area contributed by atoms with Gasteiger partial charge < -0.3 is 9.80 Å². The van der Waals surface area contributed by atoms with Crippen molar-refractivity contribution < 1.29 is 9.59 Å². The molecule has 0 bridgehead atoms. The van der Waals surface area contributed by atoms with Crippen molar-refractivity contribution in [3.05, 3.63) is 57.6 Å². The van der Waals surface area contributed by atoms with Gasteiger partial charge in [-0.1, -0.05) is 54.6 Å². The van der Waals surface area contributed by atoms with Crippen LogP contribution in [0.25, 0.3) is 11.1 Å². The molecule has 4 nitrogen and oxygen atoms in total. The molecule has 1 unspecified atom stereocenters. The molecule has 3 aliphatic rings. The van der Waals surface area contributed by atoms with Crippen LogP contribution in [0.3, 0.4) is 0 Å². The number of rotatable bonds is 5. The average molecular weight is 499 g/mol. The maximum absolute atomic E-state index is 13.1. The van der Waals surface area contributed by atoms with Gasteiger partial charge in [-0.2, -0.15) is 0 Å². The number of carbonyl (C=O) groups is 2. The standard InChI is InChI=1S/C28H32Cl2N2O2/c29-25-17-22(19-8-10-20(11-9-19)27(33)31-13-4-5-14-31)18-26(30)24(25)16-21-12-15-32(28(21)34)23-6-2-1-3-7-23/h8-11,17-18,21,23H,1-7,12-16H2. The van der Waals surface area contributed by atoms with Crippen molar-refractivity contribution in [1.82, 2.24) is 9.80 Å². The van der Waals surface area contributed by atoms with E-state index < -0.39 is 0 Å². The first-order valence-electron chi connectivity index (χ1n) is 12.7. The van der Waals surface area contributed by atoms with Crippen LogP contribution >= 0.6 is 23.2 Å². The molecule has 6 heteroatoms. The summed E-state index contributed by atoms with van der Waals surface area (Å²) in [5.41, 5.74) is 3.45. The van der Waals surface area contributed by atoms with Crippen LogP contribution in [0, 0.1) is 5.92 Å². The zero-order valence-corrected chi connectivity index (χ0v) is 21.1. The number of nitrogens with zero attached hydrogens (tertiary/aromatic N) is 2. The van der Waals surface area contributed by atoms with Crippen LogP contribution in [0.1, 0.15) is 67.3 Å². The van der Waals surface area contributed by atoms with Gasteiger partial charge in [-0.3, -0.25) is 9.59 Å². The third kappa shape index (κ3) is 4.85. The van der Waals surface area contributed by atoms with Gasteiger partial charge in [-0.05, 0) is 79.5 Å². The van der Waals surface area contributed by atoms with Gasteiger partial charge in [0.05, 0.1) is 0 Å². The molecule has 0 N–H and O–H groups in total. The van der Waals surface area contributed by atoms with Gasteiger partial charge in [0.1, 0.15) is 0 Å². The molecule has 2 aromatic rings. The van der Waals surface area contributed by atoms with Gasteiger partial charge >= 0.3 is 0 Å². The SMILES string of the molecule is O=C(c1ccc(-c2cc(Cl)c(CC3CCN(C4CCCCC4)C3=O)c(Cl)c2)cc1)N1CCCC1. The second-order valence-electron chi connectivity index (χ2n) is 10.0. The lowest BCUT2D eigenvalue weighted by Gasteiger charge is -2.31. The largest absolute Gasteiger partial charge is 0.339 e. The van der Waals surface area contributed by atoms with Crippen molar-refractivity contribution in [2.75, 3.05) is 19.6 Å². The molecule has 0 aromatic heterocycles. The number of halogens is 2. The molecule has 1 aliphatic carbocycles. The minimum atomic E-state index is -0.0429. The van der Waals surface area contributed by atoms with Crippen molar-refractivity contribution >= 4 is 35.0 Å². The third-order valence-electron chi connectivity index (χ3n) is 7.82. The van der Waals surface area contributed by atoms with E-state index in [1.54, 1.807) is 0 Å². The highest BCUT2D eigenvalue weighted by atomic mass is 35.5. The van der Waals surface area contributed by atoms with Crippen LogP contribution < -0.4 is 0 Å². The monoisotopic (exact) mass is 498 g/mol. The Balaban J connectivity index is 1.28. The Morgan fingerprint density at radius 1 is 0.824 bits per heavy atom. The van der Waals surface area contributed by atoms with E-state index >= 15 is 0 Å². The van der Waals surface area contributed by atoms with Crippen molar-refractivity contribution in [3.63, 3.8) is 0 Å². The van der Waals surface area contributed by atoms with Crippen molar-refractivity contribution in [2.24, 2.45) is 5.92 Å². The first kappa shape index (κ1) is 23.7. The Morgan fingerprint density at radius 3 is 2.12 bits per heavy atom. The Hall–Kier alpha value is -2.04. The van der Waals surface area contributed by atoms with Crippen LogP contribution in [0.5, 0.6) is 0 Å². The van der Waals surface area contributed by atoms with Gasteiger partial charge in [0.15, 0.2) is 0 Å². The van der Waals surface area contributed by atoms with Crippen LogP contribution in [0.4, 0.5) is 0 Å². The van der Waals surface area contributed by atoms with E-state index in [1.165, 1.54) is 19.3 Å². The lowest BCUT2D eigenvalue weighted by atomic mass is 9.93. The fourth-order valence-corrected chi connectivity index (χ4v) is 6.47. The van der Waals surface area contributed by atoms with Gasteiger partial charge in [-0.15, -0.1) is 0 Å². The Morgan fingerprint density at radius 2 is 1.47 bits per heavy atom. The number of hydrogen-bond acceptors (Lipinski definition) is 2. The first-order valence-corrected chi connectivity index (χ1v) is 13.4.